The SMILES string of the molecule is O=[N+]([O-])c1ccc(C2=CSC(C(F)(F)F)N2)c(Cl)c1. The fourth-order valence-corrected chi connectivity index (χ4v) is 2.57. The highest BCUT2D eigenvalue weighted by molar-refractivity contribution is 8.03. The van der Waals surface area contributed by atoms with Gasteiger partial charge in [-0.2, -0.15) is 13.2 Å². The van der Waals surface area contributed by atoms with E-state index in [4.69, 9.17) is 11.6 Å². The monoisotopic (exact) mass is 310 g/mol. The number of hydrogen-bond donors (Lipinski definition) is 1. The summed E-state index contributed by atoms with van der Waals surface area (Å²) in [5, 5.41) is 12.4. The van der Waals surface area contributed by atoms with Gasteiger partial charge in [-0.15, -0.1) is 0 Å². The van der Waals surface area contributed by atoms with Crippen LogP contribution in [0.2, 0.25) is 5.02 Å². The summed E-state index contributed by atoms with van der Waals surface area (Å²) in [7, 11) is 0. The molecule has 0 aromatic heterocycles. The smallest absolute Gasteiger partial charge is 0.365 e. The molecule has 0 bridgehead atoms. The lowest BCUT2D eigenvalue weighted by molar-refractivity contribution is -0.384. The van der Waals surface area contributed by atoms with E-state index in [1.165, 1.54) is 17.5 Å². The number of hydrogen-bond acceptors (Lipinski definition) is 4. The average Bonchev–Trinajstić information content (AvgIpc) is 2.77. The molecule has 1 aliphatic rings. The van der Waals surface area contributed by atoms with Crippen LogP contribution in [0.25, 0.3) is 5.70 Å². The van der Waals surface area contributed by atoms with Gasteiger partial charge in [-0.25, -0.2) is 0 Å². The predicted molar refractivity (Wildman–Crippen MR) is 66.7 cm³/mol. The van der Waals surface area contributed by atoms with Crippen molar-refractivity contribution in [3.63, 3.8) is 0 Å². The van der Waals surface area contributed by atoms with Crippen LogP contribution in [0.4, 0.5) is 18.9 Å². The first-order chi connectivity index (χ1) is 8.79. The van der Waals surface area contributed by atoms with Gasteiger partial charge < -0.3 is 5.32 Å². The Labute approximate surface area is 114 Å². The predicted octanol–water partition coefficient (Wildman–Crippen LogP) is 3.77. The molecule has 0 fully saturated rings. The van der Waals surface area contributed by atoms with Crippen molar-refractivity contribution in [3.05, 3.63) is 44.3 Å². The van der Waals surface area contributed by atoms with Gasteiger partial charge in [0.2, 0.25) is 0 Å². The number of rotatable bonds is 2. The van der Waals surface area contributed by atoms with Gasteiger partial charge in [-0.05, 0) is 11.5 Å². The van der Waals surface area contributed by atoms with Crippen LogP contribution >= 0.6 is 23.4 Å². The maximum Gasteiger partial charge on any atom is 0.418 e. The molecule has 0 spiro atoms. The third-order valence-electron chi connectivity index (χ3n) is 2.36. The van der Waals surface area contributed by atoms with Gasteiger partial charge in [-0.3, -0.25) is 10.1 Å². The molecule has 2 rings (SSSR count). The van der Waals surface area contributed by atoms with Crippen molar-refractivity contribution in [2.75, 3.05) is 0 Å². The zero-order valence-electron chi connectivity index (χ0n) is 9.07. The molecule has 1 aromatic rings. The quantitative estimate of drug-likeness (QED) is 0.667. The summed E-state index contributed by atoms with van der Waals surface area (Å²) in [4.78, 5) is 9.91. The Morgan fingerprint density at radius 3 is 2.58 bits per heavy atom. The van der Waals surface area contributed by atoms with Crippen molar-refractivity contribution in [1.82, 2.24) is 5.32 Å². The molecule has 1 heterocycles. The summed E-state index contributed by atoms with van der Waals surface area (Å²) in [6, 6.07) is 3.61. The minimum absolute atomic E-state index is 0.0244. The minimum atomic E-state index is -4.38. The van der Waals surface area contributed by atoms with Crippen LogP contribution in [-0.2, 0) is 0 Å². The zero-order chi connectivity index (χ0) is 14.2. The first kappa shape index (κ1) is 14.0. The number of nitrogens with zero attached hydrogens (tertiary/aromatic N) is 1. The van der Waals surface area contributed by atoms with Crippen LogP contribution in [0, 0.1) is 10.1 Å². The van der Waals surface area contributed by atoms with E-state index in [2.05, 4.69) is 5.32 Å². The van der Waals surface area contributed by atoms with Crippen molar-refractivity contribution in [3.8, 4) is 0 Å². The van der Waals surface area contributed by atoms with Crippen LogP contribution in [0.5, 0.6) is 0 Å². The lowest BCUT2D eigenvalue weighted by Crippen LogP contribution is -2.35. The Bertz CT molecular complexity index is 562. The van der Waals surface area contributed by atoms with Gasteiger partial charge in [0.25, 0.3) is 5.69 Å². The summed E-state index contributed by atoms with van der Waals surface area (Å²) in [5.74, 6) is 0. The molecule has 4 nitrogen and oxygen atoms in total. The fourth-order valence-electron chi connectivity index (χ4n) is 1.48. The minimum Gasteiger partial charge on any atom is -0.365 e. The second kappa shape index (κ2) is 4.93. The average molecular weight is 311 g/mol. The third-order valence-corrected chi connectivity index (χ3v) is 3.70. The van der Waals surface area contributed by atoms with E-state index in [0.29, 0.717) is 17.3 Å². The highest BCUT2D eigenvalue weighted by atomic mass is 35.5. The van der Waals surface area contributed by atoms with E-state index in [1.807, 2.05) is 0 Å². The van der Waals surface area contributed by atoms with Crippen molar-refractivity contribution in [2.24, 2.45) is 0 Å². The van der Waals surface area contributed by atoms with Crippen molar-refractivity contribution < 1.29 is 18.1 Å². The van der Waals surface area contributed by atoms with Gasteiger partial charge in [0.05, 0.1) is 15.6 Å². The van der Waals surface area contributed by atoms with Crippen molar-refractivity contribution >= 4 is 34.7 Å². The molecular formula is C10H6ClF3N2O2S. The number of nitro groups is 1. The van der Waals surface area contributed by atoms with E-state index >= 15 is 0 Å². The van der Waals surface area contributed by atoms with Crippen molar-refractivity contribution in [2.45, 2.75) is 11.6 Å². The maximum absolute atomic E-state index is 12.5. The van der Waals surface area contributed by atoms with Gasteiger partial charge in [0.15, 0.2) is 5.37 Å². The molecule has 0 saturated carbocycles. The molecular weight excluding hydrogens is 305 g/mol. The van der Waals surface area contributed by atoms with Crippen LogP contribution in [0.3, 0.4) is 0 Å². The molecule has 1 N–H and O–H groups in total. The first-order valence-electron chi connectivity index (χ1n) is 4.92. The third kappa shape index (κ3) is 2.95. The maximum atomic E-state index is 12.5. The lowest BCUT2D eigenvalue weighted by Gasteiger charge is -2.16. The number of benzene rings is 1. The van der Waals surface area contributed by atoms with E-state index in [1.54, 1.807) is 0 Å². The van der Waals surface area contributed by atoms with E-state index < -0.39 is 16.5 Å². The molecule has 1 atom stereocenters. The second-order valence-electron chi connectivity index (χ2n) is 3.65. The molecule has 19 heavy (non-hydrogen) atoms. The molecule has 1 aromatic carbocycles. The summed E-state index contributed by atoms with van der Waals surface area (Å²) in [5.41, 5.74) is 0.283. The molecule has 1 aliphatic heterocycles. The van der Waals surface area contributed by atoms with Crippen molar-refractivity contribution in [1.29, 1.82) is 0 Å². The summed E-state index contributed by atoms with van der Waals surface area (Å²) in [6.07, 6.45) is -4.38. The van der Waals surface area contributed by atoms with Gasteiger partial charge in [0.1, 0.15) is 0 Å². The van der Waals surface area contributed by atoms with Crippen LogP contribution < -0.4 is 5.32 Å². The Morgan fingerprint density at radius 2 is 2.11 bits per heavy atom. The van der Waals surface area contributed by atoms with Crippen LogP contribution in [0.15, 0.2) is 23.6 Å². The van der Waals surface area contributed by atoms with Crippen LogP contribution in [0.1, 0.15) is 5.56 Å². The summed E-state index contributed by atoms with van der Waals surface area (Å²) >= 11 is 6.42. The van der Waals surface area contributed by atoms with Gasteiger partial charge in [-0.1, -0.05) is 23.4 Å². The lowest BCUT2D eigenvalue weighted by atomic mass is 10.1. The highest BCUT2D eigenvalue weighted by Gasteiger charge is 2.42. The summed E-state index contributed by atoms with van der Waals surface area (Å²) < 4.78 is 37.4. The number of thioether (sulfide) groups is 1. The van der Waals surface area contributed by atoms with E-state index in [0.717, 1.165) is 6.07 Å². The summed E-state index contributed by atoms with van der Waals surface area (Å²) in [6.45, 7) is 0. The van der Waals surface area contributed by atoms with Crippen LogP contribution in [-0.4, -0.2) is 16.5 Å². The Balaban J connectivity index is 2.23. The standard InChI is InChI=1S/C10H6ClF3N2O2S/c11-7-3-5(16(17)18)1-2-6(7)8-4-19-9(15-8)10(12,13)14/h1-4,9,15H. The largest absolute Gasteiger partial charge is 0.418 e. The zero-order valence-corrected chi connectivity index (χ0v) is 10.6. The number of nitro benzene ring substituents is 1. The second-order valence-corrected chi connectivity index (χ2v) is 5.04. The fraction of sp³-hybridized carbons (Fsp3) is 0.200. The highest BCUT2D eigenvalue weighted by Crippen LogP contribution is 2.38. The molecule has 1 unspecified atom stereocenters. The normalized spacial score (nSPS) is 18.9. The number of halogens is 4. The van der Waals surface area contributed by atoms with E-state index in [-0.39, 0.29) is 16.4 Å². The van der Waals surface area contributed by atoms with Gasteiger partial charge >= 0.3 is 6.18 Å². The molecule has 0 aliphatic carbocycles. The first-order valence-corrected chi connectivity index (χ1v) is 6.24. The Morgan fingerprint density at radius 1 is 1.42 bits per heavy atom. The Hall–Kier alpha value is -1.41. The topological polar surface area (TPSA) is 55.2 Å². The molecule has 102 valence electrons. The Kier molecular flexibility index (Phi) is 3.64. The molecule has 0 radical (unpaired) electrons. The van der Waals surface area contributed by atoms with E-state index in [9.17, 15) is 23.3 Å². The number of nitrogens with one attached hydrogen (secondary N) is 1. The molecule has 9 heteroatoms. The van der Waals surface area contributed by atoms with Gasteiger partial charge in [0, 0.05) is 17.7 Å². The number of non-ortho nitro benzene ring substituents is 1. The molecule has 0 saturated heterocycles. The molecule has 0 amide bonds. The number of alkyl halides is 3.